The van der Waals surface area contributed by atoms with Crippen LogP contribution in [-0.2, 0) is 0 Å². The third-order valence-corrected chi connectivity index (χ3v) is 2.06. The molecule has 2 nitrogen and oxygen atoms in total. The minimum Gasteiger partial charge on any atom is -0.346 e. The molecule has 3 heteroatoms. The standard InChI is InChI=1S/C10H11FN2/c1-6(2)9-8(11)5-7-3-4-12-10(7)13-9/h3-6H,1-2H3,(H,12,13). The van der Waals surface area contributed by atoms with Gasteiger partial charge in [0.05, 0.1) is 5.69 Å². The number of aromatic amines is 1. The first kappa shape index (κ1) is 8.23. The van der Waals surface area contributed by atoms with E-state index in [2.05, 4.69) is 9.97 Å². The first-order valence-electron chi connectivity index (χ1n) is 4.32. The Kier molecular flexibility index (Phi) is 1.79. The van der Waals surface area contributed by atoms with Gasteiger partial charge in [0.15, 0.2) is 0 Å². The number of pyridine rings is 1. The van der Waals surface area contributed by atoms with Crippen LogP contribution >= 0.6 is 0 Å². The van der Waals surface area contributed by atoms with Crippen LogP contribution in [0.2, 0.25) is 0 Å². The number of nitrogens with zero attached hydrogens (tertiary/aromatic N) is 1. The van der Waals surface area contributed by atoms with E-state index in [4.69, 9.17) is 0 Å². The van der Waals surface area contributed by atoms with E-state index in [-0.39, 0.29) is 11.7 Å². The molecule has 0 saturated heterocycles. The molecule has 0 aromatic carbocycles. The van der Waals surface area contributed by atoms with Crippen LogP contribution in [0.3, 0.4) is 0 Å². The lowest BCUT2D eigenvalue weighted by Gasteiger charge is -2.05. The summed E-state index contributed by atoms with van der Waals surface area (Å²) in [5.74, 6) is -0.102. The number of hydrogen-bond acceptors (Lipinski definition) is 1. The third kappa shape index (κ3) is 1.30. The Balaban J connectivity index is 2.69. The molecule has 0 fully saturated rings. The zero-order valence-corrected chi connectivity index (χ0v) is 7.63. The Morgan fingerprint density at radius 2 is 2.23 bits per heavy atom. The van der Waals surface area contributed by atoms with Crippen LogP contribution in [0.4, 0.5) is 4.39 Å². The van der Waals surface area contributed by atoms with Crippen molar-refractivity contribution in [3.63, 3.8) is 0 Å². The highest BCUT2D eigenvalue weighted by Crippen LogP contribution is 2.20. The van der Waals surface area contributed by atoms with Crippen molar-refractivity contribution in [3.8, 4) is 0 Å². The monoisotopic (exact) mass is 178 g/mol. The zero-order valence-electron chi connectivity index (χ0n) is 7.63. The predicted molar refractivity (Wildman–Crippen MR) is 50.1 cm³/mol. The average molecular weight is 178 g/mol. The number of nitrogens with one attached hydrogen (secondary N) is 1. The minimum absolute atomic E-state index is 0.118. The average Bonchev–Trinajstić information content (AvgIpc) is 2.48. The van der Waals surface area contributed by atoms with Crippen molar-refractivity contribution < 1.29 is 4.39 Å². The molecule has 0 aliphatic heterocycles. The zero-order chi connectivity index (χ0) is 9.42. The van der Waals surface area contributed by atoms with Crippen molar-refractivity contribution in [1.82, 2.24) is 9.97 Å². The van der Waals surface area contributed by atoms with Crippen molar-refractivity contribution in [2.45, 2.75) is 19.8 Å². The predicted octanol–water partition coefficient (Wildman–Crippen LogP) is 2.83. The maximum absolute atomic E-state index is 13.4. The molecule has 0 saturated carbocycles. The lowest BCUT2D eigenvalue weighted by molar-refractivity contribution is 0.588. The van der Waals surface area contributed by atoms with Gasteiger partial charge in [0, 0.05) is 11.6 Å². The highest BCUT2D eigenvalue weighted by Gasteiger charge is 2.09. The van der Waals surface area contributed by atoms with E-state index >= 15 is 0 Å². The molecule has 0 amide bonds. The van der Waals surface area contributed by atoms with Crippen molar-refractivity contribution in [1.29, 1.82) is 0 Å². The lowest BCUT2D eigenvalue weighted by Crippen LogP contribution is -1.97. The molecule has 68 valence electrons. The Hall–Kier alpha value is -1.38. The highest BCUT2D eigenvalue weighted by molar-refractivity contribution is 5.75. The summed E-state index contributed by atoms with van der Waals surface area (Å²) in [4.78, 5) is 7.17. The molecule has 1 N–H and O–H groups in total. The summed E-state index contributed by atoms with van der Waals surface area (Å²) in [7, 11) is 0. The number of halogens is 1. The summed E-state index contributed by atoms with van der Waals surface area (Å²) >= 11 is 0. The van der Waals surface area contributed by atoms with Crippen LogP contribution in [0.5, 0.6) is 0 Å². The molecule has 0 unspecified atom stereocenters. The molecule has 2 rings (SSSR count). The number of hydrogen-bond donors (Lipinski definition) is 1. The first-order valence-corrected chi connectivity index (χ1v) is 4.32. The van der Waals surface area contributed by atoms with Gasteiger partial charge in [-0.05, 0) is 18.1 Å². The summed E-state index contributed by atoms with van der Waals surface area (Å²) in [6, 6.07) is 3.34. The summed E-state index contributed by atoms with van der Waals surface area (Å²) in [6.07, 6.45) is 1.77. The van der Waals surface area contributed by atoms with Crippen LogP contribution < -0.4 is 0 Å². The topological polar surface area (TPSA) is 28.7 Å². The van der Waals surface area contributed by atoms with Gasteiger partial charge in [-0.2, -0.15) is 0 Å². The number of aromatic nitrogens is 2. The molecular formula is C10H11FN2. The van der Waals surface area contributed by atoms with Gasteiger partial charge in [0.2, 0.25) is 0 Å². The molecule has 0 bridgehead atoms. The molecule has 2 aromatic rings. The smallest absolute Gasteiger partial charge is 0.145 e. The quantitative estimate of drug-likeness (QED) is 0.714. The van der Waals surface area contributed by atoms with Crippen LogP contribution in [0.25, 0.3) is 11.0 Å². The van der Waals surface area contributed by atoms with Gasteiger partial charge < -0.3 is 4.98 Å². The fraction of sp³-hybridized carbons (Fsp3) is 0.300. The van der Waals surface area contributed by atoms with Crippen molar-refractivity contribution >= 4 is 11.0 Å². The minimum atomic E-state index is -0.220. The van der Waals surface area contributed by atoms with E-state index in [9.17, 15) is 4.39 Å². The Bertz CT molecular complexity index is 431. The van der Waals surface area contributed by atoms with Crippen molar-refractivity contribution in [2.24, 2.45) is 0 Å². The summed E-state index contributed by atoms with van der Waals surface area (Å²) < 4.78 is 13.4. The molecule has 0 atom stereocenters. The first-order chi connectivity index (χ1) is 6.18. The highest BCUT2D eigenvalue weighted by atomic mass is 19.1. The van der Waals surface area contributed by atoms with Gasteiger partial charge in [-0.25, -0.2) is 9.37 Å². The van der Waals surface area contributed by atoms with Crippen LogP contribution in [0.1, 0.15) is 25.5 Å². The molecule has 2 heterocycles. The number of H-pyrrole nitrogens is 1. The van der Waals surface area contributed by atoms with Gasteiger partial charge >= 0.3 is 0 Å². The second-order valence-electron chi connectivity index (χ2n) is 3.43. The molecule has 0 aliphatic rings. The van der Waals surface area contributed by atoms with E-state index < -0.39 is 0 Å². The van der Waals surface area contributed by atoms with Crippen molar-refractivity contribution in [3.05, 3.63) is 29.8 Å². The molecule has 0 aliphatic carbocycles. The maximum atomic E-state index is 13.4. The van der Waals surface area contributed by atoms with E-state index in [0.717, 1.165) is 11.0 Å². The van der Waals surface area contributed by atoms with E-state index in [1.165, 1.54) is 6.07 Å². The lowest BCUT2D eigenvalue weighted by atomic mass is 10.1. The third-order valence-electron chi connectivity index (χ3n) is 2.06. The number of rotatable bonds is 1. The fourth-order valence-electron chi connectivity index (χ4n) is 1.38. The molecule has 0 spiro atoms. The summed E-state index contributed by atoms with van der Waals surface area (Å²) in [5, 5.41) is 0.821. The fourth-order valence-corrected chi connectivity index (χ4v) is 1.38. The number of fused-ring (bicyclic) bond motifs is 1. The van der Waals surface area contributed by atoms with Crippen molar-refractivity contribution in [2.75, 3.05) is 0 Å². The summed E-state index contributed by atoms with van der Waals surface area (Å²) in [6.45, 7) is 3.86. The molecule has 0 radical (unpaired) electrons. The van der Waals surface area contributed by atoms with Gasteiger partial charge in [-0.15, -0.1) is 0 Å². The van der Waals surface area contributed by atoms with Gasteiger partial charge in [-0.3, -0.25) is 0 Å². The second kappa shape index (κ2) is 2.83. The summed E-state index contributed by atoms with van der Waals surface area (Å²) in [5.41, 5.74) is 1.28. The van der Waals surface area contributed by atoms with E-state index in [1.807, 2.05) is 19.9 Å². The Labute approximate surface area is 75.8 Å². The van der Waals surface area contributed by atoms with Gasteiger partial charge in [-0.1, -0.05) is 13.8 Å². The SMILES string of the molecule is CC(C)c1nc2[nH]ccc2cc1F. The van der Waals surface area contributed by atoms with Gasteiger partial charge in [0.1, 0.15) is 11.5 Å². The van der Waals surface area contributed by atoms with E-state index in [0.29, 0.717) is 5.69 Å². The Morgan fingerprint density at radius 1 is 1.46 bits per heavy atom. The second-order valence-corrected chi connectivity index (χ2v) is 3.43. The molecule has 13 heavy (non-hydrogen) atoms. The van der Waals surface area contributed by atoms with Crippen LogP contribution in [0.15, 0.2) is 18.3 Å². The molecular weight excluding hydrogens is 167 g/mol. The largest absolute Gasteiger partial charge is 0.346 e. The van der Waals surface area contributed by atoms with Gasteiger partial charge in [0.25, 0.3) is 0 Å². The maximum Gasteiger partial charge on any atom is 0.145 e. The normalized spacial score (nSPS) is 11.4. The van der Waals surface area contributed by atoms with Crippen LogP contribution in [-0.4, -0.2) is 9.97 Å². The Morgan fingerprint density at radius 3 is 2.92 bits per heavy atom. The van der Waals surface area contributed by atoms with Crippen LogP contribution in [0, 0.1) is 5.82 Å². The van der Waals surface area contributed by atoms with E-state index in [1.54, 1.807) is 6.20 Å². The molecule has 2 aromatic heterocycles.